The minimum atomic E-state index is 0.677. The molecule has 0 fully saturated rings. The molecule has 1 aromatic carbocycles. The summed E-state index contributed by atoms with van der Waals surface area (Å²) in [6, 6.07) is 7.92. The minimum absolute atomic E-state index is 0.677. The van der Waals surface area contributed by atoms with E-state index in [1.165, 1.54) is 0 Å². The van der Waals surface area contributed by atoms with E-state index in [0.717, 1.165) is 28.1 Å². The fourth-order valence-electron chi connectivity index (χ4n) is 1.85. The number of rotatable bonds is 2. The number of anilines is 1. The average Bonchev–Trinajstić information content (AvgIpc) is 2.33. The lowest BCUT2D eigenvalue weighted by Gasteiger charge is -2.11. The Kier molecular flexibility index (Phi) is 3.00. The number of hydrogen-bond donors (Lipinski definition) is 1. The van der Waals surface area contributed by atoms with E-state index in [-0.39, 0.29) is 0 Å². The third-order valence-electron chi connectivity index (χ3n) is 2.80. The monoisotopic (exact) mass is 228 g/mol. The van der Waals surface area contributed by atoms with Crippen molar-refractivity contribution < 1.29 is 4.74 Å². The molecule has 0 aliphatic carbocycles. The Morgan fingerprint density at radius 1 is 1.12 bits per heavy atom. The number of nitrogens with two attached hydrogens (primary N) is 1. The van der Waals surface area contributed by atoms with Gasteiger partial charge in [0.05, 0.1) is 24.7 Å². The molecule has 0 radical (unpaired) electrons. The molecule has 0 bridgehead atoms. The van der Waals surface area contributed by atoms with Gasteiger partial charge < -0.3 is 10.5 Å². The Labute approximate surface area is 101 Å². The van der Waals surface area contributed by atoms with E-state index in [1.54, 1.807) is 13.3 Å². The number of hydrogen-bond acceptors (Lipinski definition) is 3. The molecule has 3 nitrogen and oxygen atoms in total. The Bertz CT molecular complexity index is 533. The summed E-state index contributed by atoms with van der Waals surface area (Å²) in [5.41, 5.74) is 10.6. The van der Waals surface area contributed by atoms with Crippen LogP contribution in [0.15, 0.2) is 30.5 Å². The van der Waals surface area contributed by atoms with Gasteiger partial charge in [0.15, 0.2) is 0 Å². The van der Waals surface area contributed by atoms with Crippen molar-refractivity contribution in [2.45, 2.75) is 13.8 Å². The molecule has 3 heteroatoms. The van der Waals surface area contributed by atoms with Gasteiger partial charge in [0.2, 0.25) is 0 Å². The summed E-state index contributed by atoms with van der Waals surface area (Å²) < 4.78 is 5.30. The quantitative estimate of drug-likeness (QED) is 0.859. The third-order valence-corrected chi connectivity index (χ3v) is 2.80. The van der Waals surface area contributed by atoms with Gasteiger partial charge in [0.25, 0.3) is 0 Å². The van der Waals surface area contributed by atoms with Crippen LogP contribution < -0.4 is 10.5 Å². The largest absolute Gasteiger partial charge is 0.496 e. The topological polar surface area (TPSA) is 48.1 Å². The summed E-state index contributed by atoms with van der Waals surface area (Å²) in [7, 11) is 1.68. The predicted molar refractivity (Wildman–Crippen MR) is 70.1 cm³/mol. The zero-order chi connectivity index (χ0) is 12.4. The van der Waals surface area contributed by atoms with Crippen LogP contribution in [0.3, 0.4) is 0 Å². The van der Waals surface area contributed by atoms with E-state index in [1.807, 2.05) is 25.1 Å². The zero-order valence-corrected chi connectivity index (χ0v) is 10.3. The van der Waals surface area contributed by atoms with Gasteiger partial charge in [-0.15, -0.1) is 0 Å². The van der Waals surface area contributed by atoms with Crippen molar-refractivity contribution >= 4 is 5.69 Å². The maximum absolute atomic E-state index is 5.64. The van der Waals surface area contributed by atoms with Crippen molar-refractivity contribution in [1.82, 2.24) is 4.98 Å². The van der Waals surface area contributed by atoms with Crippen molar-refractivity contribution in [3.8, 4) is 17.0 Å². The molecule has 0 atom stereocenters. The molecular formula is C14H16N2O. The van der Waals surface area contributed by atoms with Crippen molar-refractivity contribution in [1.29, 1.82) is 0 Å². The summed E-state index contributed by atoms with van der Waals surface area (Å²) in [4.78, 5) is 4.34. The highest BCUT2D eigenvalue weighted by Gasteiger charge is 2.07. The van der Waals surface area contributed by atoms with Gasteiger partial charge in [-0.25, -0.2) is 0 Å². The normalized spacial score (nSPS) is 10.3. The summed E-state index contributed by atoms with van der Waals surface area (Å²) in [6.07, 6.45) is 1.67. The first-order chi connectivity index (χ1) is 8.11. The van der Waals surface area contributed by atoms with Gasteiger partial charge in [-0.05, 0) is 49.2 Å². The van der Waals surface area contributed by atoms with E-state index in [2.05, 4.69) is 18.0 Å². The highest BCUT2D eigenvalue weighted by molar-refractivity contribution is 5.67. The SMILES string of the molecule is COc1cc(C)c(-c2ccc(N)cn2)cc1C. The molecule has 0 unspecified atom stereocenters. The van der Waals surface area contributed by atoms with Crippen LogP contribution in [0.2, 0.25) is 0 Å². The van der Waals surface area contributed by atoms with Crippen molar-refractivity contribution in [3.05, 3.63) is 41.6 Å². The van der Waals surface area contributed by atoms with Crippen LogP contribution >= 0.6 is 0 Å². The first kappa shape index (κ1) is 11.5. The summed E-state index contributed by atoms with van der Waals surface area (Å²) >= 11 is 0. The molecule has 1 aromatic heterocycles. The first-order valence-electron chi connectivity index (χ1n) is 5.49. The zero-order valence-electron chi connectivity index (χ0n) is 10.3. The van der Waals surface area contributed by atoms with Gasteiger partial charge >= 0.3 is 0 Å². The van der Waals surface area contributed by atoms with Crippen LogP contribution in [0, 0.1) is 13.8 Å². The molecule has 2 N–H and O–H groups in total. The van der Waals surface area contributed by atoms with Gasteiger partial charge in [0, 0.05) is 5.56 Å². The summed E-state index contributed by atoms with van der Waals surface area (Å²) in [5.74, 6) is 0.904. The summed E-state index contributed by atoms with van der Waals surface area (Å²) in [6.45, 7) is 4.08. The molecule has 0 aliphatic rings. The third kappa shape index (κ3) is 2.23. The second-order valence-corrected chi connectivity index (χ2v) is 4.11. The Morgan fingerprint density at radius 3 is 2.47 bits per heavy atom. The molecular weight excluding hydrogens is 212 g/mol. The highest BCUT2D eigenvalue weighted by atomic mass is 16.5. The number of nitrogens with zero attached hydrogens (tertiary/aromatic N) is 1. The smallest absolute Gasteiger partial charge is 0.122 e. The molecule has 2 rings (SSSR count). The maximum atomic E-state index is 5.64. The van der Waals surface area contributed by atoms with Gasteiger partial charge in [-0.1, -0.05) is 0 Å². The molecule has 0 saturated heterocycles. The molecule has 0 spiro atoms. The average molecular weight is 228 g/mol. The molecule has 0 amide bonds. The van der Waals surface area contributed by atoms with Gasteiger partial charge in [-0.2, -0.15) is 0 Å². The Hall–Kier alpha value is -2.03. The second-order valence-electron chi connectivity index (χ2n) is 4.11. The van der Waals surface area contributed by atoms with E-state index >= 15 is 0 Å². The molecule has 2 aromatic rings. The molecule has 88 valence electrons. The van der Waals surface area contributed by atoms with Gasteiger partial charge in [-0.3, -0.25) is 4.98 Å². The van der Waals surface area contributed by atoms with Crippen LogP contribution in [-0.2, 0) is 0 Å². The molecule has 1 heterocycles. The van der Waals surface area contributed by atoms with Crippen LogP contribution in [0.1, 0.15) is 11.1 Å². The fraction of sp³-hybridized carbons (Fsp3) is 0.214. The number of aryl methyl sites for hydroxylation is 2. The van der Waals surface area contributed by atoms with Crippen LogP contribution in [0.25, 0.3) is 11.3 Å². The number of nitrogen functional groups attached to an aromatic ring is 1. The molecule has 17 heavy (non-hydrogen) atoms. The second kappa shape index (κ2) is 4.45. The van der Waals surface area contributed by atoms with E-state index in [4.69, 9.17) is 10.5 Å². The lowest BCUT2D eigenvalue weighted by atomic mass is 10.0. The highest BCUT2D eigenvalue weighted by Crippen LogP contribution is 2.29. The Morgan fingerprint density at radius 2 is 1.88 bits per heavy atom. The van der Waals surface area contributed by atoms with Crippen LogP contribution in [0.5, 0.6) is 5.75 Å². The first-order valence-corrected chi connectivity index (χ1v) is 5.49. The van der Waals surface area contributed by atoms with Crippen LogP contribution in [0.4, 0.5) is 5.69 Å². The molecule has 0 saturated carbocycles. The van der Waals surface area contributed by atoms with E-state index in [9.17, 15) is 0 Å². The standard InChI is InChI=1S/C14H16N2O/c1-9-7-14(17-3)10(2)6-12(9)13-5-4-11(15)8-16-13/h4-8H,15H2,1-3H3. The number of pyridine rings is 1. The predicted octanol–water partition coefficient (Wildman–Crippen LogP) is 2.96. The number of aromatic nitrogens is 1. The van der Waals surface area contributed by atoms with E-state index in [0.29, 0.717) is 5.69 Å². The van der Waals surface area contributed by atoms with Gasteiger partial charge in [0.1, 0.15) is 5.75 Å². The number of ether oxygens (including phenoxy) is 1. The number of benzene rings is 1. The van der Waals surface area contributed by atoms with Crippen molar-refractivity contribution in [3.63, 3.8) is 0 Å². The van der Waals surface area contributed by atoms with E-state index < -0.39 is 0 Å². The van der Waals surface area contributed by atoms with Crippen molar-refractivity contribution in [2.24, 2.45) is 0 Å². The van der Waals surface area contributed by atoms with Crippen molar-refractivity contribution in [2.75, 3.05) is 12.8 Å². The molecule has 0 aliphatic heterocycles. The lowest BCUT2D eigenvalue weighted by Crippen LogP contribution is -1.93. The van der Waals surface area contributed by atoms with Crippen LogP contribution in [-0.4, -0.2) is 12.1 Å². The fourth-order valence-corrected chi connectivity index (χ4v) is 1.85. The minimum Gasteiger partial charge on any atom is -0.496 e. The number of methoxy groups -OCH3 is 1. The Balaban J connectivity index is 2.52. The maximum Gasteiger partial charge on any atom is 0.122 e. The lowest BCUT2D eigenvalue weighted by molar-refractivity contribution is 0.411. The summed E-state index contributed by atoms with van der Waals surface area (Å²) in [5, 5.41) is 0.